The topological polar surface area (TPSA) is 124 Å². The lowest BCUT2D eigenvalue weighted by Gasteiger charge is -2.07. The van der Waals surface area contributed by atoms with E-state index in [0.29, 0.717) is 6.61 Å². The van der Waals surface area contributed by atoms with Crippen LogP contribution in [0.2, 0.25) is 0 Å². The van der Waals surface area contributed by atoms with E-state index in [2.05, 4.69) is 6.92 Å². The molecule has 0 rings (SSSR count). The summed E-state index contributed by atoms with van der Waals surface area (Å²) in [7, 11) is -4.67. The van der Waals surface area contributed by atoms with Gasteiger partial charge in [0.15, 0.2) is 0 Å². The fraction of sp³-hybridized carbons (Fsp3) is 1.00. The van der Waals surface area contributed by atoms with Crippen molar-refractivity contribution >= 4 is 10.4 Å². The van der Waals surface area contributed by atoms with Gasteiger partial charge >= 0.3 is 10.4 Å². The number of hydrogen-bond donors (Lipinski definition) is 4. The average Bonchev–Trinajstić information content (AvgIpc) is 2.14. The van der Waals surface area contributed by atoms with Crippen LogP contribution in [0, 0.1) is 0 Å². The minimum atomic E-state index is -4.67. The summed E-state index contributed by atoms with van der Waals surface area (Å²) in [4.78, 5) is 0. The van der Waals surface area contributed by atoms with Crippen molar-refractivity contribution in [2.24, 2.45) is 0 Å². The highest BCUT2D eigenvalue weighted by atomic mass is 32.3. The second-order valence-electron chi connectivity index (χ2n) is 3.07. The summed E-state index contributed by atoms with van der Waals surface area (Å²) in [6.45, 7) is 2.85. The van der Waals surface area contributed by atoms with Gasteiger partial charge < -0.3 is 14.9 Å². The van der Waals surface area contributed by atoms with E-state index in [1.807, 2.05) is 0 Å². The maximum absolute atomic E-state index is 8.84. The molecular weight excluding hydrogens is 240 g/mol. The number of ether oxygens (including phenoxy) is 1. The maximum Gasteiger partial charge on any atom is 0.394 e. The molecule has 7 nitrogen and oxygen atoms in total. The zero-order valence-corrected chi connectivity index (χ0v) is 10.1. The molecule has 0 bridgehead atoms. The van der Waals surface area contributed by atoms with Crippen molar-refractivity contribution in [2.45, 2.75) is 32.3 Å². The quantitative estimate of drug-likeness (QED) is 0.372. The standard InChI is InChI=1S/C8H18O3.H2O4S/c1-2-3-4-5-11-7-8(10)6-9;1-5(2,3)4/h8-10H,2-7H2,1H3;(H2,1,2,3,4). The van der Waals surface area contributed by atoms with Crippen LogP contribution >= 0.6 is 0 Å². The molecule has 0 aliphatic heterocycles. The van der Waals surface area contributed by atoms with Crippen LogP contribution in [-0.4, -0.2) is 53.7 Å². The van der Waals surface area contributed by atoms with Gasteiger partial charge in [0.05, 0.1) is 13.2 Å². The molecule has 4 N–H and O–H groups in total. The highest BCUT2D eigenvalue weighted by molar-refractivity contribution is 7.79. The zero-order chi connectivity index (χ0) is 13.0. The Bertz CT molecular complexity index is 219. The van der Waals surface area contributed by atoms with Gasteiger partial charge in [0.1, 0.15) is 6.10 Å². The zero-order valence-electron chi connectivity index (χ0n) is 9.24. The van der Waals surface area contributed by atoms with E-state index in [4.69, 9.17) is 32.5 Å². The van der Waals surface area contributed by atoms with Gasteiger partial charge in [0.2, 0.25) is 0 Å². The first kappa shape index (κ1) is 18.1. The van der Waals surface area contributed by atoms with Crippen LogP contribution in [-0.2, 0) is 15.1 Å². The summed E-state index contributed by atoms with van der Waals surface area (Å²) < 4.78 is 36.7. The average molecular weight is 260 g/mol. The Labute approximate surface area is 95.6 Å². The van der Waals surface area contributed by atoms with E-state index in [-0.39, 0.29) is 13.2 Å². The highest BCUT2D eigenvalue weighted by Crippen LogP contribution is 1.94. The largest absolute Gasteiger partial charge is 0.394 e. The fourth-order valence-electron chi connectivity index (χ4n) is 0.726. The first-order valence-electron chi connectivity index (χ1n) is 4.87. The van der Waals surface area contributed by atoms with Crippen LogP contribution in [0.25, 0.3) is 0 Å². The van der Waals surface area contributed by atoms with E-state index in [1.54, 1.807) is 0 Å². The Hall–Kier alpha value is -0.250. The van der Waals surface area contributed by atoms with E-state index in [1.165, 1.54) is 6.42 Å². The molecule has 100 valence electrons. The normalized spacial score (nSPS) is 12.8. The first-order valence-corrected chi connectivity index (χ1v) is 6.27. The number of unbranched alkanes of at least 4 members (excludes halogenated alkanes) is 2. The Balaban J connectivity index is 0. The summed E-state index contributed by atoms with van der Waals surface area (Å²) in [6.07, 6.45) is 2.66. The van der Waals surface area contributed by atoms with Crippen molar-refractivity contribution in [1.29, 1.82) is 0 Å². The number of aliphatic hydroxyl groups excluding tert-OH is 2. The van der Waals surface area contributed by atoms with E-state index < -0.39 is 16.5 Å². The SMILES string of the molecule is CCCCCOCC(O)CO.O=S(=O)(O)O. The van der Waals surface area contributed by atoms with Crippen LogP contribution in [0.3, 0.4) is 0 Å². The van der Waals surface area contributed by atoms with E-state index in [0.717, 1.165) is 12.8 Å². The molecule has 0 aromatic heterocycles. The lowest BCUT2D eigenvalue weighted by molar-refractivity contribution is 0.00533. The number of aliphatic hydroxyl groups is 2. The lowest BCUT2D eigenvalue weighted by Crippen LogP contribution is -2.19. The molecule has 0 spiro atoms. The molecule has 0 saturated heterocycles. The van der Waals surface area contributed by atoms with Crippen molar-refractivity contribution in [3.63, 3.8) is 0 Å². The molecule has 0 fully saturated rings. The van der Waals surface area contributed by atoms with Crippen molar-refractivity contribution in [3.8, 4) is 0 Å². The maximum atomic E-state index is 8.84. The van der Waals surface area contributed by atoms with Crippen molar-refractivity contribution < 1.29 is 32.5 Å². The molecule has 16 heavy (non-hydrogen) atoms. The molecular formula is C8H20O7S. The van der Waals surface area contributed by atoms with Gasteiger partial charge in [0, 0.05) is 6.61 Å². The Morgan fingerprint density at radius 1 is 1.25 bits per heavy atom. The molecule has 8 heteroatoms. The highest BCUT2D eigenvalue weighted by Gasteiger charge is 1.99. The Morgan fingerprint density at radius 2 is 1.75 bits per heavy atom. The molecule has 0 aliphatic carbocycles. The van der Waals surface area contributed by atoms with Crippen LogP contribution in [0.1, 0.15) is 26.2 Å². The molecule has 0 radical (unpaired) electrons. The third-order valence-corrected chi connectivity index (χ3v) is 1.41. The third-order valence-electron chi connectivity index (χ3n) is 1.41. The van der Waals surface area contributed by atoms with Crippen molar-refractivity contribution in [3.05, 3.63) is 0 Å². The van der Waals surface area contributed by atoms with Gasteiger partial charge in [-0.1, -0.05) is 19.8 Å². The summed E-state index contributed by atoms with van der Waals surface area (Å²) in [5.74, 6) is 0. The van der Waals surface area contributed by atoms with Crippen molar-refractivity contribution in [1.82, 2.24) is 0 Å². The monoisotopic (exact) mass is 260 g/mol. The van der Waals surface area contributed by atoms with Crippen molar-refractivity contribution in [2.75, 3.05) is 19.8 Å². The predicted molar refractivity (Wildman–Crippen MR) is 57.6 cm³/mol. The number of hydrogen-bond acceptors (Lipinski definition) is 5. The molecule has 1 unspecified atom stereocenters. The van der Waals surface area contributed by atoms with Gasteiger partial charge in [0.25, 0.3) is 0 Å². The van der Waals surface area contributed by atoms with Crippen LogP contribution in [0.5, 0.6) is 0 Å². The van der Waals surface area contributed by atoms with Crippen LogP contribution < -0.4 is 0 Å². The third kappa shape index (κ3) is 29.2. The molecule has 0 aromatic rings. The van der Waals surface area contributed by atoms with Crippen LogP contribution in [0.15, 0.2) is 0 Å². The molecule has 0 aromatic carbocycles. The molecule has 0 aliphatic rings. The molecule has 0 saturated carbocycles. The molecule has 1 atom stereocenters. The Morgan fingerprint density at radius 3 is 2.12 bits per heavy atom. The first-order chi connectivity index (χ1) is 7.31. The summed E-state index contributed by atoms with van der Waals surface area (Å²) in [5, 5.41) is 17.2. The van der Waals surface area contributed by atoms with Crippen LogP contribution in [0.4, 0.5) is 0 Å². The summed E-state index contributed by atoms with van der Waals surface area (Å²) in [6, 6.07) is 0. The smallest absolute Gasteiger partial charge is 0.394 e. The lowest BCUT2D eigenvalue weighted by atomic mass is 10.3. The van der Waals surface area contributed by atoms with Gasteiger partial charge in [-0.2, -0.15) is 8.42 Å². The van der Waals surface area contributed by atoms with E-state index in [9.17, 15) is 0 Å². The second-order valence-corrected chi connectivity index (χ2v) is 3.96. The fourth-order valence-corrected chi connectivity index (χ4v) is 0.726. The minimum Gasteiger partial charge on any atom is -0.394 e. The Kier molecular flexibility index (Phi) is 12.7. The molecule has 0 heterocycles. The number of rotatable bonds is 7. The second kappa shape index (κ2) is 11.2. The summed E-state index contributed by atoms with van der Waals surface area (Å²) in [5.41, 5.74) is 0. The van der Waals surface area contributed by atoms with E-state index >= 15 is 0 Å². The molecule has 0 amide bonds. The van der Waals surface area contributed by atoms with Gasteiger partial charge in [-0.15, -0.1) is 0 Å². The predicted octanol–water partition coefficient (Wildman–Crippen LogP) is -0.106. The minimum absolute atomic E-state index is 0.215. The van der Waals surface area contributed by atoms with Gasteiger partial charge in [-0.25, -0.2) is 0 Å². The summed E-state index contributed by atoms with van der Waals surface area (Å²) >= 11 is 0. The van der Waals surface area contributed by atoms with Gasteiger partial charge in [-0.05, 0) is 6.42 Å². The van der Waals surface area contributed by atoms with Gasteiger partial charge in [-0.3, -0.25) is 9.11 Å².